The first-order valence-corrected chi connectivity index (χ1v) is 10.7. The highest BCUT2D eigenvalue weighted by Crippen LogP contribution is 2.39. The molecule has 0 radical (unpaired) electrons. The second-order valence-corrected chi connectivity index (χ2v) is 8.02. The molecule has 3 N–H and O–H groups in total. The van der Waals surface area contributed by atoms with Crippen LogP contribution in [0.15, 0.2) is 66.9 Å². The number of H-pyrrole nitrogens is 1. The molecular weight excluding hydrogens is 386 g/mol. The van der Waals surface area contributed by atoms with E-state index >= 15 is 0 Å². The molecule has 1 aliphatic rings. The molecule has 2 aromatic heterocycles. The number of para-hydroxylation sites is 1. The van der Waals surface area contributed by atoms with Crippen LogP contribution in [-0.2, 0) is 6.42 Å². The number of amides is 1. The van der Waals surface area contributed by atoms with Crippen molar-refractivity contribution in [3.05, 3.63) is 89.5 Å². The van der Waals surface area contributed by atoms with Crippen LogP contribution in [0.1, 0.15) is 52.2 Å². The van der Waals surface area contributed by atoms with Crippen LogP contribution in [-0.4, -0.2) is 27.9 Å². The van der Waals surface area contributed by atoms with E-state index in [0.29, 0.717) is 17.9 Å². The standard InChI is InChI=1S/C25H25N5O/c1-26-23-14-22(28-24(30-23)16-11-12-16)21(29-25(31)17-7-3-2-4-8-17)13-18-15-27-20-10-6-5-9-19(18)20/h2-10,14-16,21,27H,11-13H2,1H3,(H,29,31)(H,26,28,30)/t21-/m0/s1. The van der Waals surface area contributed by atoms with Gasteiger partial charge in [-0.15, -0.1) is 0 Å². The normalized spacial score (nSPS) is 14.4. The minimum Gasteiger partial charge on any atom is -0.373 e. The molecule has 1 amide bonds. The number of carbonyl (C=O) groups is 1. The molecule has 1 saturated carbocycles. The predicted molar refractivity (Wildman–Crippen MR) is 122 cm³/mol. The number of rotatable bonds is 7. The molecule has 0 aliphatic heterocycles. The molecule has 5 rings (SSSR count). The molecule has 1 fully saturated rings. The number of hydrogen-bond donors (Lipinski definition) is 3. The second-order valence-electron chi connectivity index (χ2n) is 8.02. The van der Waals surface area contributed by atoms with Crippen LogP contribution in [0.5, 0.6) is 0 Å². The van der Waals surface area contributed by atoms with Crippen LogP contribution < -0.4 is 10.6 Å². The molecule has 2 aromatic carbocycles. The Balaban J connectivity index is 1.52. The van der Waals surface area contributed by atoms with E-state index in [4.69, 9.17) is 4.98 Å². The van der Waals surface area contributed by atoms with Gasteiger partial charge in [-0.05, 0) is 36.6 Å². The van der Waals surface area contributed by atoms with Crippen LogP contribution in [0, 0.1) is 0 Å². The fourth-order valence-corrected chi connectivity index (χ4v) is 3.90. The lowest BCUT2D eigenvalue weighted by Gasteiger charge is -2.20. The van der Waals surface area contributed by atoms with Gasteiger partial charge in [-0.25, -0.2) is 9.97 Å². The van der Waals surface area contributed by atoms with Gasteiger partial charge in [0.15, 0.2) is 0 Å². The first kappa shape index (κ1) is 19.3. The zero-order valence-electron chi connectivity index (χ0n) is 17.4. The first-order valence-electron chi connectivity index (χ1n) is 10.7. The largest absolute Gasteiger partial charge is 0.373 e. The molecule has 1 aliphatic carbocycles. The summed E-state index contributed by atoms with van der Waals surface area (Å²) in [6.45, 7) is 0. The van der Waals surface area contributed by atoms with Gasteiger partial charge < -0.3 is 15.6 Å². The Kier molecular flexibility index (Phi) is 5.12. The van der Waals surface area contributed by atoms with E-state index in [2.05, 4.69) is 32.7 Å². The molecule has 6 nitrogen and oxygen atoms in total. The zero-order valence-corrected chi connectivity index (χ0v) is 17.4. The van der Waals surface area contributed by atoms with Crippen LogP contribution >= 0.6 is 0 Å². The fraction of sp³-hybridized carbons (Fsp3) is 0.240. The molecule has 0 unspecified atom stereocenters. The third-order valence-corrected chi connectivity index (χ3v) is 5.76. The van der Waals surface area contributed by atoms with Gasteiger partial charge in [-0.2, -0.15) is 0 Å². The number of aromatic amines is 1. The molecule has 0 spiro atoms. The molecule has 0 saturated heterocycles. The van der Waals surface area contributed by atoms with Crippen molar-refractivity contribution in [1.82, 2.24) is 20.3 Å². The van der Waals surface area contributed by atoms with E-state index in [1.54, 1.807) is 0 Å². The Bertz CT molecular complexity index is 1210. The molecular formula is C25H25N5O. The van der Waals surface area contributed by atoms with Gasteiger partial charge in [0.1, 0.15) is 11.6 Å². The quantitative estimate of drug-likeness (QED) is 0.415. The highest BCUT2D eigenvalue weighted by molar-refractivity contribution is 5.94. The number of fused-ring (bicyclic) bond motifs is 1. The Morgan fingerprint density at radius 2 is 1.87 bits per heavy atom. The van der Waals surface area contributed by atoms with E-state index in [0.717, 1.165) is 46.6 Å². The number of nitrogens with one attached hydrogen (secondary N) is 3. The lowest BCUT2D eigenvalue weighted by molar-refractivity contribution is 0.0935. The Labute approximate surface area is 181 Å². The van der Waals surface area contributed by atoms with Gasteiger partial charge in [0.05, 0.1) is 11.7 Å². The zero-order chi connectivity index (χ0) is 21.2. The maximum atomic E-state index is 13.0. The van der Waals surface area contributed by atoms with Crippen LogP contribution in [0.4, 0.5) is 5.82 Å². The summed E-state index contributed by atoms with van der Waals surface area (Å²) < 4.78 is 0. The van der Waals surface area contributed by atoms with E-state index < -0.39 is 0 Å². The summed E-state index contributed by atoms with van der Waals surface area (Å²) >= 11 is 0. The van der Waals surface area contributed by atoms with Gasteiger partial charge in [-0.1, -0.05) is 36.4 Å². The van der Waals surface area contributed by atoms with Crippen molar-refractivity contribution in [2.45, 2.75) is 31.2 Å². The van der Waals surface area contributed by atoms with Crippen molar-refractivity contribution in [3.8, 4) is 0 Å². The van der Waals surface area contributed by atoms with Crippen LogP contribution in [0.3, 0.4) is 0 Å². The van der Waals surface area contributed by atoms with Crippen molar-refractivity contribution in [2.75, 3.05) is 12.4 Å². The van der Waals surface area contributed by atoms with Gasteiger partial charge in [0.2, 0.25) is 0 Å². The maximum absolute atomic E-state index is 13.0. The summed E-state index contributed by atoms with van der Waals surface area (Å²) in [6, 6.07) is 19.2. The number of hydrogen-bond acceptors (Lipinski definition) is 4. The van der Waals surface area contributed by atoms with Gasteiger partial charge in [0, 0.05) is 48.1 Å². The highest BCUT2D eigenvalue weighted by atomic mass is 16.1. The molecule has 156 valence electrons. The predicted octanol–water partition coefficient (Wildman–Crippen LogP) is 4.59. The number of anilines is 1. The van der Waals surface area contributed by atoms with E-state index in [1.165, 1.54) is 0 Å². The van der Waals surface area contributed by atoms with Crippen LogP contribution in [0.2, 0.25) is 0 Å². The molecule has 4 aromatic rings. The molecule has 31 heavy (non-hydrogen) atoms. The van der Waals surface area contributed by atoms with Crippen molar-refractivity contribution in [1.29, 1.82) is 0 Å². The summed E-state index contributed by atoms with van der Waals surface area (Å²) in [4.78, 5) is 25.9. The average Bonchev–Trinajstić information content (AvgIpc) is 3.60. The summed E-state index contributed by atoms with van der Waals surface area (Å²) in [5.41, 5.74) is 3.70. The smallest absolute Gasteiger partial charge is 0.251 e. The summed E-state index contributed by atoms with van der Waals surface area (Å²) in [5, 5.41) is 7.53. The minimum absolute atomic E-state index is 0.108. The minimum atomic E-state index is -0.278. The monoisotopic (exact) mass is 411 g/mol. The van der Waals surface area contributed by atoms with E-state index in [1.807, 2.05) is 61.8 Å². The third kappa shape index (κ3) is 4.14. The molecule has 0 bridgehead atoms. The number of carbonyl (C=O) groups excluding carboxylic acids is 1. The Hall–Kier alpha value is -3.67. The maximum Gasteiger partial charge on any atom is 0.251 e. The first-order chi connectivity index (χ1) is 15.2. The number of benzene rings is 2. The van der Waals surface area contributed by atoms with Crippen molar-refractivity contribution >= 4 is 22.6 Å². The highest BCUT2D eigenvalue weighted by Gasteiger charge is 2.29. The Morgan fingerprint density at radius 3 is 2.65 bits per heavy atom. The van der Waals surface area contributed by atoms with Crippen molar-refractivity contribution < 1.29 is 4.79 Å². The topological polar surface area (TPSA) is 82.7 Å². The summed E-state index contributed by atoms with van der Waals surface area (Å²) in [7, 11) is 1.86. The summed E-state index contributed by atoms with van der Waals surface area (Å²) in [6.07, 6.45) is 4.90. The van der Waals surface area contributed by atoms with E-state index in [-0.39, 0.29) is 11.9 Å². The summed E-state index contributed by atoms with van der Waals surface area (Å²) in [5.74, 6) is 1.96. The number of aromatic nitrogens is 3. The van der Waals surface area contributed by atoms with E-state index in [9.17, 15) is 4.79 Å². The second kappa shape index (κ2) is 8.22. The molecule has 2 heterocycles. The fourth-order valence-electron chi connectivity index (χ4n) is 3.90. The van der Waals surface area contributed by atoms with Gasteiger partial charge in [-0.3, -0.25) is 4.79 Å². The lowest BCUT2D eigenvalue weighted by atomic mass is 10.0. The third-order valence-electron chi connectivity index (χ3n) is 5.76. The van der Waals surface area contributed by atoms with Crippen LogP contribution in [0.25, 0.3) is 10.9 Å². The van der Waals surface area contributed by atoms with Gasteiger partial charge >= 0.3 is 0 Å². The molecule has 6 heteroatoms. The molecule has 1 atom stereocenters. The number of nitrogens with zero attached hydrogens (tertiary/aromatic N) is 2. The lowest BCUT2D eigenvalue weighted by Crippen LogP contribution is -2.31. The average molecular weight is 412 g/mol. The Morgan fingerprint density at radius 1 is 1.10 bits per heavy atom. The SMILES string of the molecule is CNc1cc([C@H](Cc2c[nH]c3ccccc23)NC(=O)c2ccccc2)nc(C2CC2)n1. The van der Waals surface area contributed by atoms with Crippen molar-refractivity contribution in [3.63, 3.8) is 0 Å². The van der Waals surface area contributed by atoms with Gasteiger partial charge in [0.25, 0.3) is 5.91 Å². The van der Waals surface area contributed by atoms with Crippen molar-refractivity contribution in [2.24, 2.45) is 0 Å².